The number of likely N-dealkylation sites (tertiary alicyclic amines) is 1. The number of rotatable bonds is 3. The van der Waals surface area contributed by atoms with Gasteiger partial charge in [0.15, 0.2) is 0 Å². The summed E-state index contributed by atoms with van der Waals surface area (Å²) >= 11 is 0. The summed E-state index contributed by atoms with van der Waals surface area (Å²) in [5.41, 5.74) is 0. The van der Waals surface area contributed by atoms with Crippen LogP contribution in [0.2, 0.25) is 0 Å². The third-order valence-electron chi connectivity index (χ3n) is 3.21. The summed E-state index contributed by atoms with van der Waals surface area (Å²) in [7, 11) is 3.85. The fourth-order valence-electron chi connectivity index (χ4n) is 2.27. The third-order valence-corrected chi connectivity index (χ3v) is 3.21. The summed E-state index contributed by atoms with van der Waals surface area (Å²) < 4.78 is 0. The van der Waals surface area contributed by atoms with E-state index in [2.05, 4.69) is 9.97 Å². The van der Waals surface area contributed by atoms with Gasteiger partial charge in [-0.3, -0.25) is 4.79 Å². The van der Waals surface area contributed by atoms with Crippen molar-refractivity contribution in [2.75, 3.05) is 33.7 Å². The maximum Gasteiger partial charge on any atom is 0.236 e. The number of carbonyl (C=O) groups excluding carboxylic acids is 1. The number of hydrogen-bond donors (Lipinski definition) is 1. The molecule has 1 fully saturated rings. The summed E-state index contributed by atoms with van der Waals surface area (Å²) in [6.07, 6.45) is 5.66. The molecule has 5 nitrogen and oxygen atoms in total. The Balaban J connectivity index is 1.84. The molecular weight excluding hydrogens is 216 g/mol. The largest absolute Gasteiger partial charge is 0.348 e. The van der Waals surface area contributed by atoms with Crippen LogP contribution in [0.3, 0.4) is 0 Å². The van der Waals surface area contributed by atoms with Crippen molar-refractivity contribution in [2.45, 2.75) is 18.8 Å². The van der Waals surface area contributed by atoms with E-state index in [1.807, 2.05) is 30.1 Å². The lowest BCUT2D eigenvalue weighted by atomic mass is 9.96. The van der Waals surface area contributed by atoms with Crippen LogP contribution in [0.5, 0.6) is 0 Å². The van der Waals surface area contributed by atoms with Crippen molar-refractivity contribution in [3.05, 3.63) is 18.2 Å². The number of aromatic amines is 1. The highest BCUT2D eigenvalue weighted by atomic mass is 16.2. The van der Waals surface area contributed by atoms with E-state index in [1.165, 1.54) is 0 Å². The molecule has 0 bridgehead atoms. The Kier molecular flexibility index (Phi) is 3.78. The number of imidazole rings is 1. The lowest BCUT2D eigenvalue weighted by Crippen LogP contribution is -2.42. The van der Waals surface area contributed by atoms with Crippen LogP contribution in [0.1, 0.15) is 24.6 Å². The SMILES string of the molecule is CN(C)CC(=O)N1CCC(c2ncc[nH]2)CC1. The number of H-pyrrole nitrogens is 1. The number of amides is 1. The molecular formula is C12H20N4O. The molecule has 17 heavy (non-hydrogen) atoms. The Morgan fingerprint density at radius 2 is 2.24 bits per heavy atom. The van der Waals surface area contributed by atoms with E-state index >= 15 is 0 Å². The van der Waals surface area contributed by atoms with E-state index in [1.54, 1.807) is 6.20 Å². The van der Waals surface area contributed by atoms with Gasteiger partial charge in [0.05, 0.1) is 6.54 Å². The molecule has 0 aliphatic carbocycles. The molecule has 2 rings (SSSR count). The van der Waals surface area contributed by atoms with E-state index in [-0.39, 0.29) is 5.91 Å². The summed E-state index contributed by atoms with van der Waals surface area (Å²) in [6.45, 7) is 2.20. The molecule has 0 spiro atoms. The molecule has 1 saturated heterocycles. The zero-order chi connectivity index (χ0) is 12.3. The van der Waals surface area contributed by atoms with Crippen molar-refractivity contribution in [2.24, 2.45) is 0 Å². The third kappa shape index (κ3) is 3.06. The average Bonchev–Trinajstić information content (AvgIpc) is 2.82. The number of hydrogen-bond acceptors (Lipinski definition) is 3. The van der Waals surface area contributed by atoms with Gasteiger partial charge in [-0.1, -0.05) is 0 Å². The van der Waals surface area contributed by atoms with E-state index in [0.717, 1.165) is 31.8 Å². The average molecular weight is 236 g/mol. The second-order valence-corrected chi connectivity index (χ2v) is 4.87. The van der Waals surface area contributed by atoms with Gasteiger partial charge in [-0.05, 0) is 26.9 Å². The monoisotopic (exact) mass is 236 g/mol. The molecule has 1 aliphatic heterocycles. The Bertz CT molecular complexity index is 353. The van der Waals surface area contributed by atoms with Gasteiger partial charge in [-0.15, -0.1) is 0 Å². The predicted octanol–water partition coefficient (Wildman–Crippen LogP) is 0.677. The molecule has 94 valence electrons. The predicted molar refractivity (Wildman–Crippen MR) is 65.7 cm³/mol. The number of likely N-dealkylation sites (N-methyl/N-ethyl adjacent to an activating group) is 1. The first kappa shape index (κ1) is 12.1. The first-order valence-electron chi connectivity index (χ1n) is 6.08. The quantitative estimate of drug-likeness (QED) is 0.839. The Labute approximate surface area is 102 Å². The number of nitrogens with zero attached hydrogens (tertiary/aromatic N) is 3. The molecule has 1 aliphatic rings. The topological polar surface area (TPSA) is 52.2 Å². The maximum absolute atomic E-state index is 11.9. The molecule has 0 radical (unpaired) electrons. The highest BCUT2D eigenvalue weighted by Crippen LogP contribution is 2.25. The lowest BCUT2D eigenvalue weighted by molar-refractivity contribution is -0.132. The van der Waals surface area contributed by atoms with Gasteiger partial charge in [0.25, 0.3) is 0 Å². The summed E-state index contributed by atoms with van der Waals surface area (Å²) in [6, 6.07) is 0. The first-order chi connectivity index (χ1) is 8.16. The van der Waals surface area contributed by atoms with E-state index in [0.29, 0.717) is 12.5 Å². The molecule has 2 heterocycles. The van der Waals surface area contributed by atoms with E-state index in [9.17, 15) is 4.79 Å². The van der Waals surface area contributed by atoms with Crippen molar-refractivity contribution in [3.8, 4) is 0 Å². The van der Waals surface area contributed by atoms with Crippen molar-refractivity contribution >= 4 is 5.91 Å². The number of piperidine rings is 1. The van der Waals surface area contributed by atoms with Crippen LogP contribution in [0.25, 0.3) is 0 Å². The maximum atomic E-state index is 11.9. The second-order valence-electron chi connectivity index (χ2n) is 4.87. The standard InChI is InChI=1S/C12H20N4O/c1-15(2)9-11(17)16-7-3-10(4-8-16)12-13-5-6-14-12/h5-6,10H,3-4,7-9H2,1-2H3,(H,13,14). The van der Waals surface area contributed by atoms with Gasteiger partial charge in [0.1, 0.15) is 5.82 Å². The molecule has 1 amide bonds. The fraction of sp³-hybridized carbons (Fsp3) is 0.667. The number of carbonyl (C=O) groups is 1. The first-order valence-corrected chi connectivity index (χ1v) is 6.08. The zero-order valence-electron chi connectivity index (χ0n) is 10.5. The van der Waals surface area contributed by atoms with Crippen LogP contribution in [0.4, 0.5) is 0 Å². The summed E-state index contributed by atoms with van der Waals surface area (Å²) in [5, 5.41) is 0. The van der Waals surface area contributed by atoms with Gasteiger partial charge in [0.2, 0.25) is 5.91 Å². The molecule has 0 aromatic carbocycles. The number of aromatic nitrogens is 2. The minimum atomic E-state index is 0.230. The van der Waals surface area contributed by atoms with Crippen molar-refractivity contribution in [1.29, 1.82) is 0 Å². The molecule has 1 aromatic heterocycles. The van der Waals surface area contributed by atoms with Crippen LogP contribution in [0.15, 0.2) is 12.4 Å². The van der Waals surface area contributed by atoms with Crippen LogP contribution in [0, 0.1) is 0 Å². The van der Waals surface area contributed by atoms with Gasteiger partial charge >= 0.3 is 0 Å². The summed E-state index contributed by atoms with van der Waals surface area (Å²) in [4.78, 5) is 23.2. The van der Waals surface area contributed by atoms with Crippen molar-refractivity contribution < 1.29 is 4.79 Å². The normalized spacial score (nSPS) is 17.7. The highest BCUT2D eigenvalue weighted by Gasteiger charge is 2.24. The minimum Gasteiger partial charge on any atom is -0.348 e. The molecule has 5 heteroatoms. The summed E-state index contributed by atoms with van der Waals surface area (Å²) in [5.74, 6) is 1.77. The molecule has 0 unspecified atom stereocenters. The fourth-order valence-corrected chi connectivity index (χ4v) is 2.27. The van der Waals surface area contributed by atoms with Crippen LogP contribution < -0.4 is 0 Å². The number of nitrogens with one attached hydrogen (secondary N) is 1. The molecule has 0 saturated carbocycles. The smallest absolute Gasteiger partial charge is 0.236 e. The van der Waals surface area contributed by atoms with E-state index < -0.39 is 0 Å². The van der Waals surface area contributed by atoms with E-state index in [4.69, 9.17) is 0 Å². The van der Waals surface area contributed by atoms with Gasteiger partial charge < -0.3 is 14.8 Å². The Morgan fingerprint density at radius 3 is 2.76 bits per heavy atom. The molecule has 0 atom stereocenters. The lowest BCUT2D eigenvalue weighted by Gasteiger charge is -2.31. The van der Waals surface area contributed by atoms with Gasteiger partial charge in [0, 0.05) is 31.4 Å². The van der Waals surface area contributed by atoms with Crippen LogP contribution >= 0.6 is 0 Å². The highest BCUT2D eigenvalue weighted by molar-refractivity contribution is 5.78. The Morgan fingerprint density at radius 1 is 1.53 bits per heavy atom. The Hall–Kier alpha value is -1.36. The van der Waals surface area contributed by atoms with Crippen molar-refractivity contribution in [3.63, 3.8) is 0 Å². The zero-order valence-corrected chi connectivity index (χ0v) is 10.5. The van der Waals surface area contributed by atoms with Crippen molar-refractivity contribution in [1.82, 2.24) is 19.8 Å². The molecule has 1 aromatic rings. The van der Waals surface area contributed by atoms with Crippen LogP contribution in [-0.4, -0.2) is 59.4 Å². The van der Waals surface area contributed by atoms with Gasteiger partial charge in [-0.25, -0.2) is 4.98 Å². The van der Waals surface area contributed by atoms with Crippen LogP contribution in [-0.2, 0) is 4.79 Å². The molecule has 1 N–H and O–H groups in total. The minimum absolute atomic E-state index is 0.230. The second kappa shape index (κ2) is 5.31. The van der Waals surface area contributed by atoms with Gasteiger partial charge in [-0.2, -0.15) is 0 Å².